The fourth-order valence-electron chi connectivity index (χ4n) is 2.84. The molecule has 0 unspecified atom stereocenters. The normalized spacial score (nSPS) is 11.5. The Kier molecular flexibility index (Phi) is 3.65. The first-order chi connectivity index (χ1) is 11.6. The van der Waals surface area contributed by atoms with Crippen molar-refractivity contribution in [3.05, 3.63) is 54.2 Å². The molecule has 4 aromatic rings. The molecule has 120 valence electrons. The van der Waals surface area contributed by atoms with E-state index in [1.54, 1.807) is 11.3 Å². The van der Waals surface area contributed by atoms with Gasteiger partial charge in [-0.2, -0.15) is 0 Å². The van der Waals surface area contributed by atoms with E-state index in [0.29, 0.717) is 6.04 Å². The summed E-state index contributed by atoms with van der Waals surface area (Å²) in [6.07, 6.45) is 1.96. The number of hydrogen-bond donors (Lipinski definition) is 0. The lowest BCUT2D eigenvalue weighted by Crippen LogP contribution is -2.02. The zero-order valence-electron chi connectivity index (χ0n) is 13.9. The summed E-state index contributed by atoms with van der Waals surface area (Å²) in [5, 5.41) is 9.55. The average Bonchev–Trinajstić information content (AvgIpc) is 3.21. The van der Waals surface area contributed by atoms with E-state index in [4.69, 9.17) is 0 Å². The Bertz CT molecular complexity index is 1010. The number of aryl methyl sites for hydroxylation is 1. The highest BCUT2D eigenvalue weighted by Gasteiger charge is 2.12. The van der Waals surface area contributed by atoms with E-state index >= 15 is 0 Å². The molecule has 2 aromatic heterocycles. The number of rotatable bonds is 3. The fourth-order valence-corrected chi connectivity index (χ4v) is 3.84. The summed E-state index contributed by atoms with van der Waals surface area (Å²) in [5.74, 6) is 0. The van der Waals surface area contributed by atoms with E-state index in [1.807, 2.05) is 10.9 Å². The molecule has 0 amide bonds. The van der Waals surface area contributed by atoms with Gasteiger partial charge in [0.1, 0.15) is 10.5 Å². The summed E-state index contributed by atoms with van der Waals surface area (Å²) in [4.78, 5) is 5.81. The van der Waals surface area contributed by atoms with Gasteiger partial charge >= 0.3 is 0 Å². The maximum Gasteiger partial charge on any atom is 0.123 e. The van der Waals surface area contributed by atoms with Gasteiger partial charge in [0.2, 0.25) is 0 Å². The zero-order valence-corrected chi connectivity index (χ0v) is 14.7. The number of thiazole rings is 1. The zero-order chi connectivity index (χ0) is 16.7. The van der Waals surface area contributed by atoms with Crippen LogP contribution in [-0.2, 0) is 0 Å². The second-order valence-corrected chi connectivity index (χ2v) is 7.21. The Morgan fingerprint density at radius 2 is 1.92 bits per heavy atom. The molecule has 0 fully saturated rings. The second kappa shape index (κ2) is 5.83. The van der Waals surface area contributed by atoms with E-state index in [1.165, 1.54) is 16.0 Å². The van der Waals surface area contributed by atoms with Crippen molar-refractivity contribution in [2.24, 2.45) is 0 Å². The predicted octanol–water partition coefficient (Wildman–Crippen LogP) is 5.11. The SMILES string of the molecule is Cc1ccccc1-c1cnc(-c2ccc3c(c2)nnn3C(C)C)s1. The molecule has 0 N–H and O–H groups in total. The minimum atomic E-state index is 0.299. The third-order valence-corrected chi connectivity index (χ3v) is 5.20. The smallest absolute Gasteiger partial charge is 0.123 e. The van der Waals surface area contributed by atoms with Gasteiger partial charge in [-0.05, 0) is 50.1 Å². The first-order valence-electron chi connectivity index (χ1n) is 8.00. The van der Waals surface area contributed by atoms with Crippen molar-refractivity contribution in [1.82, 2.24) is 20.0 Å². The van der Waals surface area contributed by atoms with Crippen molar-refractivity contribution in [1.29, 1.82) is 0 Å². The van der Waals surface area contributed by atoms with Crippen LogP contribution in [0.5, 0.6) is 0 Å². The minimum Gasteiger partial charge on any atom is -0.244 e. The first-order valence-corrected chi connectivity index (χ1v) is 8.82. The molecule has 2 heterocycles. The molecule has 0 spiro atoms. The highest BCUT2D eigenvalue weighted by Crippen LogP contribution is 2.34. The molecule has 0 saturated heterocycles. The maximum atomic E-state index is 4.62. The Morgan fingerprint density at radius 3 is 2.71 bits per heavy atom. The molecule has 0 saturated carbocycles. The van der Waals surface area contributed by atoms with Crippen molar-refractivity contribution in [3.63, 3.8) is 0 Å². The van der Waals surface area contributed by atoms with E-state index in [0.717, 1.165) is 21.6 Å². The summed E-state index contributed by atoms with van der Waals surface area (Å²) < 4.78 is 1.94. The van der Waals surface area contributed by atoms with Crippen LogP contribution in [0.3, 0.4) is 0 Å². The molecule has 4 rings (SSSR count). The molecule has 0 radical (unpaired) electrons. The molecular weight excluding hydrogens is 316 g/mol. The molecule has 0 aliphatic carbocycles. The van der Waals surface area contributed by atoms with Crippen LogP contribution in [0.2, 0.25) is 0 Å². The fraction of sp³-hybridized carbons (Fsp3) is 0.211. The van der Waals surface area contributed by atoms with Crippen LogP contribution in [0, 0.1) is 6.92 Å². The quantitative estimate of drug-likeness (QED) is 0.523. The van der Waals surface area contributed by atoms with Gasteiger partial charge in [0.25, 0.3) is 0 Å². The lowest BCUT2D eigenvalue weighted by atomic mass is 10.1. The van der Waals surface area contributed by atoms with Gasteiger partial charge in [0.05, 0.1) is 10.4 Å². The first kappa shape index (κ1) is 15.0. The van der Waals surface area contributed by atoms with Crippen molar-refractivity contribution in [3.8, 4) is 21.0 Å². The molecule has 24 heavy (non-hydrogen) atoms. The summed E-state index contributed by atoms with van der Waals surface area (Å²) >= 11 is 1.71. The molecule has 0 aliphatic rings. The van der Waals surface area contributed by atoms with Crippen molar-refractivity contribution < 1.29 is 0 Å². The number of hydrogen-bond acceptors (Lipinski definition) is 4. The van der Waals surface area contributed by atoms with E-state index < -0.39 is 0 Å². The molecule has 0 atom stereocenters. The van der Waals surface area contributed by atoms with Crippen LogP contribution >= 0.6 is 11.3 Å². The monoisotopic (exact) mass is 334 g/mol. The van der Waals surface area contributed by atoms with Gasteiger partial charge in [-0.1, -0.05) is 29.5 Å². The van der Waals surface area contributed by atoms with Gasteiger partial charge in [-0.25, -0.2) is 9.67 Å². The standard InChI is InChI=1S/C19H18N4S/c1-12(2)23-17-9-8-14(10-16(17)21-22-23)19-20-11-18(24-19)15-7-5-4-6-13(15)3/h4-12H,1-3H3. The van der Waals surface area contributed by atoms with Crippen LogP contribution < -0.4 is 0 Å². The van der Waals surface area contributed by atoms with Gasteiger partial charge in [-0.15, -0.1) is 16.4 Å². The van der Waals surface area contributed by atoms with Crippen LogP contribution in [0.15, 0.2) is 48.7 Å². The van der Waals surface area contributed by atoms with Crippen molar-refractivity contribution >= 4 is 22.4 Å². The third kappa shape index (κ3) is 2.51. The minimum absolute atomic E-state index is 0.299. The molecule has 0 aliphatic heterocycles. The third-order valence-electron chi connectivity index (χ3n) is 4.12. The number of aromatic nitrogens is 4. The summed E-state index contributed by atoms with van der Waals surface area (Å²) in [7, 11) is 0. The Labute approximate surface area is 144 Å². The number of benzene rings is 2. The van der Waals surface area contributed by atoms with Gasteiger partial charge in [0.15, 0.2) is 0 Å². The number of nitrogens with zero attached hydrogens (tertiary/aromatic N) is 4. The second-order valence-electron chi connectivity index (χ2n) is 6.18. The van der Waals surface area contributed by atoms with Gasteiger partial charge in [0, 0.05) is 17.8 Å². The lowest BCUT2D eigenvalue weighted by Gasteiger charge is -2.05. The van der Waals surface area contributed by atoms with Crippen LogP contribution in [0.25, 0.3) is 32.0 Å². The largest absolute Gasteiger partial charge is 0.244 e. The Balaban J connectivity index is 1.75. The van der Waals surface area contributed by atoms with Crippen molar-refractivity contribution in [2.75, 3.05) is 0 Å². The van der Waals surface area contributed by atoms with Crippen LogP contribution in [-0.4, -0.2) is 20.0 Å². The molecule has 5 heteroatoms. The van der Waals surface area contributed by atoms with Gasteiger partial charge in [-0.3, -0.25) is 0 Å². The highest BCUT2D eigenvalue weighted by atomic mass is 32.1. The average molecular weight is 334 g/mol. The molecular formula is C19H18N4S. The molecule has 4 nitrogen and oxygen atoms in total. The summed E-state index contributed by atoms with van der Waals surface area (Å²) in [6.45, 7) is 6.35. The van der Waals surface area contributed by atoms with E-state index in [-0.39, 0.29) is 0 Å². The highest BCUT2D eigenvalue weighted by molar-refractivity contribution is 7.18. The lowest BCUT2D eigenvalue weighted by molar-refractivity contribution is 0.530. The Hall–Kier alpha value is -2.53. The summed E-state index contributed by atoms with van der Waals surface area (Å²) in [6, 6.07) is 15.0. The van der Waals surface area contributed by atoms with Crippen LogP contribution in [0.1, 0.15) is 25.5 Å². The van der Waals surface area contributed by atoms with Crippen molar-refractivity contribution in [2.45, 2.75) is 26.8 Å². The summed E-state index contributed by atoms with van der Waals surface area (Å²) in [5.41, 5.74) is 5.57. The maximum absolute atomic E-state index is 4.62. The molecule has 2 aromatic carbocycles. The number of fused-ring (bicyclic) bond motifs is 1. The Morgan fingerprint density at radius 1 is 1.08 bits per heavy atom. The topological polar surface area (TPSA) is 43.6 Å². The van der Waals surface area contributed by atoms with E-state index in [9.17, 15) is 0 Å². The predicted molar refractivity (Wildman–Crippen MR) is 99.2 cm³/mol. The van der Waals surface area contributed by atoms with E-state index in [2.05, 4.69) is 78.5 Å². The molecule has 0 bridgehead atoms. The van der Waals surface area contributed by atoms with Gasteiger partial charge < -0.3 is 0 Å². The van der Waals surface area contributed by atoms with Crippen LogP contribution in [0.4, 0.5) is 0 Å².